The normalized spacial score (nSPS) is 13.0. The van der Waals surface area contributed by atoms with Crippen LogP contribution < -0.4 is 0 Å². The smallest absolute Gasteiger partial charge is 0.143 e. The van der Waals surface area contributed by atoms with Crippen molar-refractivity contribution in [3.8, 4) is 71.0 Å². The monoisotopic (exact) mass is 2110 g/mol. The van der Waals surface area contributed by atoms with Gasteiger partial charge in [-0.1, -0.05) is 466 Å². The van der Waals surface area contributed by atoms with Crippen molar-refractivity contribution in [3.63, 3.8) is 0 Å². The Morgan fingerprint density at radius 3 is 0.672 bits per heavy atom. The number of unbranched alkanes of at least 4 members (excludes halogenated alkanes) is 48. The largest absolute Gasteiger partial charge is 0.206 e. The Hall–Kier alpha value is -3.04. The highest BCUT2D eigenvalue weighted by Gasteiger charge is 2.32. The van der Waals surface area contributed by atoms with Gasteiger partial charge in [0.05, 0.1) is 51.9 Å². The minimum atomic E-state index is -0.459. The first-order chi connectivity index (χ1) is 65.7. The number of fused-ring (bicyclic) bond motifs is 2. The van der Waals surface area contributed by atoms with Crippen molar-refractivity contribution in [3.05, 3.63) is 102 Å². The van der Waals surface area contributed by atoms with Gasteiger partial charge in [-0.05, 0) is 152 Å². The number of thiophene rings is 6. The van der Waals surface area contributed by atoms with E-state index in [0.717, 1.165) is 169 Å². The molecule has 0 N–H and O–H groups in total. The second-order valence-electron chi connectivity index (χ2n) is 40.4. The Morgan fingerprint density at radius 2 is 0.425 bits per heavy atom. The van der Waals surface area contributed by atoms with Crippen LogP contribution in [0.3, 0.4) is 0 Å². The predicted octanol–water partition coefficient (Wildman–Crippen LogP) is 45.6. The molecule has 8 heterocycles. The summed E-state index contributed by atoms with van der Waals surface area (Å²) in [6, 6.07) is 15.8. The summed E-state index contributed by atoms with van der Waals surface area (Å²) >= 11 is 19.5. The van der Waals surface area contributed by atoms with Gasteiger partial charge in [0, 0.05) is 50.1 Å². The maximum absolute atomic E-state index is 18.2. The van der Waals surface area contributed by atoms with E-state index in [2.05, 4.69) is 112 Å². The lowest BCUT2D eigenvalue weighted by Gasteiger charge is -2.17. The minimum absolute atomic E-state index is 0.272. The van der Waals surface area contributed by atoms with Gasteiger partial charge in [-0.2, -0.15) is 17.5 Å². The molecule has 746 valence electrons. The van der Waals surface area contributed by atoms with Gasteiger partial charge in [0.15, 0.2) is 0 Å². The Balaban J connectivity index is 1.01. The van der Waals surface area contributed by atoms with Crippen molar-refractivity contribution in [2.45, 2.75) is 492 Å². The van der Waals surface area contributed by atoms with Gasteiger partial charge in [0.1, 0.15) is 45.3 Å². The fourth-order valence-electron chi connectivity index (χ4n) is 20.9. The minimum Gasteiger partial charge on any atom is -0.206 e. The van der Waals surface area contributed by atoms with E-state index in [1.165, 1.54) is 416 Å². The van der Waals surface area contributed by atoms with Crippen molar-refractivity contribution in [2.24, 2.45) is 23.7 Å². The van der Waals surface area contributed by atoms with E-state index in [1.807, 2.05) is 0 Å². The summed E-state index contributed by atoms with van der Waals surface area (Å²) < 4.78 is 94.5. The van der Waals surface area contributed by atoms with E-state index in [4.69, 9.17) is 17.5 Å². The molecule has 10 rings (SSSR count). The lowest BCUT2D eigenvalue weighted by atomic mass is 9.88. The number of hydrogen-bond acceptors (Lipinski definition) is 12. The van der Waals surface area contributed by atoms with Crippen LogP contribution in [0.4, 0.5) is 17.6 Å². The van der Waals surface area contributed by atoms with Crippen LogP contribution in [-0.4, -0.2) is 17.5 Å². The third-order valence-corrected chi connectivity index (χ3v) is 39.1. The quantitative estimate of drug-likeness (QED) is 0.0282. The first-order valence-corrected chi connectivity index (χ1v) is 63.0. The second kappa shape index (κ2) is 66.0. The molecule has 4 atom stereocenters. The molecule has 18 heteroatoms. The maximum atomic E-state index is 18.2. The third kappa shape index (κ3) is 37.6. The molecule has 0 radical (unpaired) electrons. The van der Waals surface area contributed by atoms with Gasteiger partial charge in [-0.3, -0.25) is 0 Å². The summed E-state index contributed by atoms with van der Waals surface area (Å²) in [5.74, 6) is 0.373. The molecule has 10 aromatic rings. The summed E-state index contributed by atoms with van der Waals surface area (Å²) in [5.41, 5.74) is 9.78. The summed E-state index contributed by atoms with van der Waals surface area (Å²) in [7, 11) is 0. The molecule has 4 nitrogen and oxygen atoms in total. The summed E-state index contributed by atoms with van der Waals surface area (Å²) in [5, 5.41) is 0. The molecule has 0 aliphatic carbocycles. The molecule has 0 bridgehead atoms. The van der Waals surface area contributed by atoms with Crippen molar-refractivity contribution in [1.82, 2.24) is 17.5 Å². The number of rotatable bonds is 79. The molecule has 0 saturated carbocycles. The number of aromatic nitrogens is 4. The Kier molecular flexibility index (Phi) is 55.6. The lowest BCUT2D eigenvalue weighted by Crippen LogP contribution is -2.05. The van der Waals surface area contributed by atoms with Crippen LogP contribution in [0.5, 0.6) is 0 Å². The third-order valence-electron chi connectivity index (χ3n) is 28.9. The van der Waals surface area contributed by atoms with Gasteiger partial charge in [0.2, 0.25) is 0 Å². The Labute approximate surface area is 860 Å². The highest BCUT2D eigenvalue weighted by Crippen LogP contribution is 2.54. The predicted molar refractivity (Wildman–Crippen MR) is 599 cm³/mol. The van der Waals surface area contributed by atoms with Crippen LogP contribution in [0.2, 0.25) is 0 Å². The molecule has 4 unspecified atom stereocenters. The van der Waals surface area contributed by atoms with Crippen LogP contribution in [0.25, 0.3) is 93.1 Å². The molecule has 0 fully saturated rings. The second-order valence-corrected chi connectivity index (χ2v) is 50.4. The van der Waals surface area contributed by atoms with Crippen LogP contribution in [0, 0.1) is 46.9 Å². The first kappa shape index (κ1) is 113. The number of nitrogens with zero attached hydrogens (tertiary/aromatic N) is 4. The van der Waals surface area contributed by atoms with Crippen LogP contribution >= 0.6 is 123 Å². The molecule has 0 aliphatic heterocycles. The van der Waals surface area contributed by atoms with Crippen LogP contribution in [0.1, 0.15) is 489 Å². The standard InChI is InChI=1S/C116H172Br2F4N4S8/c1-9-17-25-33-41-45-53-61-67-85(65-57-49-37-29-21-13-5)73-89-77-101(105-95(119)81-93(107-109(105)125-133-123-107)99-79-91(115(117)131-99)75-87(69-59-51-39-31-23-15-7)71-63-55-47-43-35-27-19-11-3)127-111(89)103-83-97(121)113(129-103)114-98(122)84-104(130-114)112-90(74-86(66-58-50-38-30-22-14-6)68-62-54-46-42-34-26-18-10-2)78-102(128-112)106-96(120)82-94(108-110(106)126-134-124-108)100-80-92(116(118)132-100)76-88(70-60-52-40-32-24-16-8)72-64-56-48-44-36-28-20-12-4/h77-88H,9-76H2,1-8H3. The van der Waals surface area contributed by atoms with Gasteiger partial charge in [0.25, 0.3) is 0 Å². The zero-order valence-corrected chi connectivity index (χ0v) is 94.0. The zero-order chi connectivity index (χ0) is 94.7. The van der Waals surface area contributed by atoms with E-state index in [0.29, 0.717) is 56.9 Å². The average molecular weight is 2120 g/mol. The first-order valence-electron chi connectivity index (χ1n) is 55.0. The summed E-state index contributed by atoms with van der Waals surface area (Å²) in [4.78, 5) is 7.37. The molecule has 8 aromatic heterocycles. The molecule has 0 saturated heterocycles. The van der Waals surface area contributed by atoms with Crippen molar-refractivity contribution in [2.75, 3.05) is 0 Å². The van der Waals surface area contributed by atoms with E-state index < -0.39 is 11.6 Å². The number of benzene rings is 2. The Bertz CT molecular complexity index is 4520. The maximum Gasteiger partial charge on any atom is 0.143 e. The SMILES string of the molecule is CCCCCCCCCCC(CCCCCCCC)Cc1cc(-c2cc(F)c(-c3cc(CC(CCCCCCCC)CCCCCCCCCC)c(-c4cc(F)c(-c5sc(-c6sc(-c7c(F)cc(-c8cc(CC(CCCCCCCC)CCCCCCCCCC)c(Br)s8)c8nsnc78)cc6CC(CCCCCCCC)CCCCCCCCCC)cc5F)s4)s3)c3nsnc23)sc1Br. The average Bonchev–Trinajstić information content (AvgIpc) is 1.59. The van der Waals surface area contributed by atoms with Gasteiger partial charge in [-0.25, -0.2) is 17.6 Å². The topological polar surface area (TPSA) is 51.6 Å². The molecular formula is C116H172Br2F4N4S8. The summed E-state index contributed by atoms with van der Waals surface area (Å²) in [6.45, 7) is 18.3. The highest BCUT2D eigenvalue weighted by atomic mass is 79.9. The number of halogens is 6. The van der Waals surface area contributed by atoms with E-state index in [9.17, 15) is 0 Å². The van der Waals surface area contributed by atoms with Gasteiger partial charge in [-0.15, -0.1) is 68.0 Å². The molecule has 2 aromatic carbocycles. The fraction of sp³-hybridized carbons (Fsp3) is 0.690. The number of hydrogen-bond donors (Lipinski definition) is 0. The van der Waals surface area contributed by atoms with E-state index >= 15 is 17.6 Å². The van der Waals surface area contributed by atoms with Gasteiger partial charge < -0.3 is 0 Å². The Morgan fingerprint density at radius 1 is 0.216 bits per heavy atom. The zero-order valence-electron chi connectivity index (χ0n) is 84.3. The fourth-order valence-corrected chi connectivity index (χ4v) is 30.4. The van der Waals surface area contributed by atoms with E-state index in [-0.39, 0.29) is 21.4 Å². The van der Waals surface area contributed by atoms with Crippen LogP contribution in [0.15, 0.2) is 56.1 Å². The summed E-state index contributed by atoms with van der Waals surface area (Å²) in [6.07, 6.45) is 84.4. The molecule has 0 spiro atoms. The van der Waals surface area contributed by atoms with Crippen LogP contribution in [-0.2, 0) is 25.7 Å². The lowest BCUT2D eigenvalue weighted by molar-refractivity contribution is 0.400. The van der Waals surface area contributed by atoms with E-state index in [1.54, 1.807) is 46.9 Å². The van der Waals surface area contributed by atoms with Crippen molar-refractivity contribution >= 4 is 145 Å². The molecular weight excluding hydrogens is 1940 g/mol. The van der Waals surface area contributed by atoms with Crippen molar-refractivity contribution < 1.29 is 17.6 Å². The van der Waals surface area contributed by atoms with Gasteiger partial charge >= 0.3 is 0 Å². The molecule has 134 heavy (non-hydrogen) atoms. The highest BCUT2D eigenvalue weighted by molar-refractivity contribution is 9.11. The molecule has 0 aliphatic rings. The van der Waals surface area contributed by atoms with Crippen molar-refractivity contribution in [1.29, 1.82) is 0 Å². The molecule has 0 amide bonds.